The van der Waals surface area contributed by atoms with Crippen LogP contribution in [-0.2, 0) is 14.3 Å². The Bertz CT molecular complexity index is 403. The number of nitrogens with zero attached hydrogens (tertiary/aromatic N) is 1. The molecule has 0 unspecified atom stereocenters. The first kappa shape index (κ1) is 10.3. The maximum Gasteiger partial charge on any atom is 0.314 e. The Hall–Kier alpha value is -1.23. The maximum atomic E-state index is 11.1. The molecule has 0 atom stereocenters. The van der Waals surface area contributed by atoms with Crippen molar-refractivity contribution < 1.29 is 14.3 Å². The SMILES string of the molecule is O=C1CC(c2ncccc2Br)CC(=O)O1. The Kier molecular flexibility index (Phi) is 2.81. The van der Waals surface area contributed by atoms with Crippen LogP contribution < -0.4 is 0 Å². The quantitative estimate of drug-likeness (QED) is 0.576. The fraction of sp³-hybridized carbons (Fsp3) is 0.300. The van der Waals surface area contributed by atoms with Gasteiger partial charge in [-0.2, -0.15) is 0 Å². The molecule has 1 aromatic heterocycles. The Morgan fingerprint density at radius 2 is 2.00 bits per heavy atom. The second-order valence-electron chi connectivity index (χ2n) is 3.32. The van der Waals surface area contributed by atoms with Gasteiger partial charge in [0.1, 0.15) is 0 Å². The van der Waals surface area contributed by atoms with E-state index in [4.69, 9.17) is 0 Å². The average molecular weight is 270 g/mol. The van der Waals surface area contributed by atoms with Crippen molar-refractivity contribution >= 4 is 27.9 Å². The molecule has 0 aliphatic carbocycles. The van der Waals surface area contributed by atoms with Gasteiger partial charge in [0.2, 0.25) is 0 Å². The molecule has 5 heteroatoms. The van der Waals surface area contributed by atoms with Crippen LogP contribution in [0.2, 0.25) is 0 Å². The summed E-state index contributed by atoms with van der Waals surface area (Å²) in [6, 6.07) is 3.63. The van der Waals surface area contributed by atoms with Crippen molar-refractivity contribution in [1.29, 1.82) is 0 Å². The normalized spacial score (nSPS) is 17.7. The van der Waals surface area contributed by atoms with E-state index in [0.717, 1.165) is 10.2 Å². The third kappa shape index (κ3) is 2.23. The van der Waals surface area contributed by atoms with Gasteiger partial charge in [-0.3, -0.25) is 14.6 Å². The molecule has 0 saturated carbocycles. The van der Waals surface area contributed by atoms with Gasteiger partial charge in [-0.05, 0) is 28.1 Å². The lowest BCUT2D eigenvalue weighted by Crippen LogP contribution is -2.24. The van der Waals surface area contributed by atoms with E-state index in [1.807, 2.05) is 6.07 Å². The van der Waals surface area contributed by atoms with Crippen LogP contribution in [0.1, 0.15) is 24.5 Å². The minimum atomic E-state index is -0.478. The fourth-order valence-corrected chi connectivity index (χ4v) is 2.16. The Balaban J connectivity index is 2.27. The summed E-state index contributed by atoms with van der Waals surface area (Å²) in [6.45, 7) is 0. The molecule has 1 aliphatic heterocycles. The molecular formula is C10H8BrNO3. The molecule has 0 N–H and O–H groups in total. The topological polar surface area (TPSA) is 56.3 Å². The number of hydrogen-bond acceptors (Lipinski definition) is 4. The molecule has 0 bridgehead atoms. The van der Waals surface area contributed by atoms with E-state index in [9.17, 15) is 9.59 Å². The second kappa shape index (κ2) is 4.10. The van der Waals surface area contributed by atoms with E-state index in [1.54, 1.807) is 12.3 Å². The first-order chi connectivity index (χ1) is 7.16. The van der Waals surface area contributed by atoms with Gasteiger partial charge in [-0.1, -0.05) is 0 Å². The number of pyridine rings is 1. The first-order valence-corrected chi connectivity index (χ1v) is 5.30. The summed E-state index contributed by atoms with van der Waals surface area (Å²) >= 11 is 3.35. The van der Waals surface area contributed by atoms with Crippen LogP contribution in [-0.4, -0.2) is 16.9 Å². The van der Waals surface area contributed by atoms with E-state index in [-0.39, 0.29) is 18.8 Å². The van der Waals surface area contributed by atoms with Crippen LogP contribution >= 0.6 is 15.9 Å². The van der Waals surface area contributed by atoms with Crippen LogP contribution in [0.4, 0.5) is 0 Å². The van der Waals surface area contributed by atoms with E-state index >= 15 is 0 Å². The van der Waals surface area contributed by atoms with E-state index < -0.39 is 11.9 Å². The highest BCUT2D eigenvalue weighted by Gasteiger charge is 2.30. The molecule has 1 aromatic rings. The molecule has 2 rings (SSSR count). The van der Waals surface area contributed by atoms with Crippen molar-refractivity contribution in [3.8, 4) is 0 Å². The van der Waals surface area contributed by atoms with Crippen LogP contribution in [0.3, 0.4) is 0 Å². The number of ether oxygens (including phenoxy) is 1. The second-order valence-corrected chi connectivity index (χ2v) is 4.18. The number of esters is 2. The van der Waals surface area contributed by atoms with Crippen molar-refractivity contribution in [2.75, 3.05) is 0 Å². The molecule has 1 fully saturated rings. The Morgan fingerprint density at radius 1 is 1.33 bits per heavy atom. The molecule has 0 aromatic carbocycles. The van der Waals surface area contributed by atoms with Gasteiger partial charge in [-0.25, -0.2) is 0 Å². The molecule has 78 valence electrons. The van der Waals surface area contributed by atoms with E-state index in [0.29, 0.717) is 0 Å². The number of rotatable bonds is 1. The lowest BCUT2D eigenvalue weighted by molar-refractivity contribution is -0.164. The number of carbonyl (C=O) groups is 2. The van der Waals surface area contributed by atoms with Crippen molar-refractivity contribution in [2.45, 2.75) is 18.8 Å². The number of cyclic esters (lactones) is 2. The Morgan fingerprint density at radius 3 is 2.60 bits per heavy atom. The zero-order valence-corrected chi connectivity index (χ0v) is 9.36. The van der Waals surface area contributed by atoms with E-state index in [1.165, 1.54) is 0 Å². The van der Waals surface area contributed by atoms with Gasteiger partial charge in [-0.15, -0.1) is 0 Å². The average Bonchev–Trinajstić information content (AvgIpc) is 2.16. The molecule has 0 amide bonds. The molecule has 0 spiro atoms. The zero-order chi connectivity index (χ0) is 10.8. The molecule has 0 radical (unpaired) electrons. The van der Waals surface area contributed by atoms with E-state index in [2.05, 4.69) is 25.7 Å². The van der Waals surface area contributed by atoms with Crippen LogP contribution in [0, 0.1) is 0 Å². The summed E-state index contributed by atoms with van der Waals surface area (Å²) in [5.74, 6) is -1.13. The zero-order valence-electron chi connectivity index (χ0n) is 7.77. The van der Waals surface area contributed by atoms with Crippen molar-refractivity contribution in [3.63, 3.8) is 0 Å². The lowest BCUT2D eigenvalue weighted by atomic mass is 9.95. The van der Waals surface area contributed by atoms with Gasteiger partial charge in [0.25, 0.3) is 0 Å². The fourth-order valence-electron chi connectivity index (χ4n) is 1.58. The smallest absolute Gasteiger partial charge is 0.314 e. The summed E-state index contributed by atoms with van der Waals surface area (Å²) in [6.07, 6.45) is 2.06. The summed E-state index contributed by atoms with van der Waals surface area (Å²) < 4.78 is 5.27. The monoisotopic (exact) mass is 269 g/mol. The predicted octanol–water partition coefficient (Wildman–Crippen LogP) is 1.79. The highest BCUT2D eigenvalue weighted by Crippen LogP contribution is 2.31. The minimum Gasteiger partial charge on any atom is -0.393 e. The van der Waals surface area contributed by atoms with Gasteiger partial charge < -0.3 is 4.74 Å². The first-order valence-electron chi connectivity index (χ1n) is 4.50. The molecule has 4 nitrogen and oxygen atoms in total. The van der Waals surface area contributed by atoms with Crippen molar-refractivity contribution in [1.82, 2.24) is 4.98 Å². The maximum absolute atomic E-state index is 11.1. The molecule has 1 aliphatic rings. The van der Waals surface area contributed by atoms with Gasteiger partial charge >= 0.3 is 11.9 Å². The van der Waals surface area contributed by atoms with Gasteiger partial charge in [0.05, 0.1) is 18.5 Å². The van der Waals surface area contributed by atoms with Gasteiger partial charge in [0, 0.05) is 16.6 Å². The van der Waals surface area contributed by atoms with Crippen LogP contribution in [0.15, 0.2) is 22.8 Å². The number of hydrogen-bond donors (Lipinski definition) is 0. The van der Waals surface area contributed by atoms with Crippen LogP contribution in [0.5, 0.6) is 0 Å². The lowest BCUT2D eigenvalue weighted by Gasteiger charge is -2.19. The largest absolute Gasteiger partial charge is 0.393 e. The molecule has 15 heavy (non-hydrogen) atoms. The third-order valence-corrected chi connectivity index (χ3v) is 2.90. The van der Waals surface area contributed by atoms with Crippen LogP contribution in [0.25, 0.3) is 0 Å². The summed E-state index contributed by atoms with van der Waals surface area (Å²) in [4.78, 5) is 26.3. The molecule has 2 heterocycles. The van der Waals surface area contributed by atoms with Crippen molar-refractivity contribution in [2.24, 2.45) is 0 Å². The Labute approximate surface area is 94.8 Å². The minimum absolute atomic E-state index is 0.172. The van der Waals surface area contributed by atoms with Crippen molar-refractivity contribution in [3.05, 3.63) is 28.5 Å². The summed E-state index contributed by atoms with van der Waals surface area (Å²) in [5.41, 5.74) is 0.738. The third-order valence-electron chi connectivity index (χ3n) is 2.23. The number of halogens is 1. The predicted molar refractivity (Wildman–Crippen MR) is 55.0 cm³/mol. The molecular weight excluding hydrogens is 262 g/mol. The molecule has 1 saturated heterocycles. The number of carbonyl (C=O) groups excluding carboxylic acids is 2. The standard InChI is InChI=1S/C10H8BrNO3/c11-7-2-1-3-12-10(7)6-4-8(13)15-9(14)5-6/h1-3,6H,4-5H2. The highest BCUT2D eigenvalue weighted by molar-refractivity contribution is 9.10. The number of aromatic nitrogens is 1. The highest BCUT2D eigenvalue weighted by atomic mass is 79.9. The van der Waals surface area contributed by atoms with Gasteiger partial charge in [0.15, 0.2) is 0 Å². The summed E-state index contributed by atoms with van der Waals surface area (Å²) in [7, 11) is 0. The summed E-state index contributed by atoms with van der Waals surface area (Å²) in [5, 5.41) is 0.